The van der Waals surface area contributed by atoms with Crippen LogP contribution in [0.25, 0.3) is 11.1 Å². The number of carboxylic acids is 1. The van der Waals surface area contributed by atoms with Crippen LogP contribution in [-0.4, -0.2) is 59.9 Å². The summed E-state index contributed by atoms with van der Waals surface area (Å²) in [4.78, 5) is 35.4. The van der Waals surface area contributed by atoms with E-state index in [1.165, 1.54) is 0 Å². The third-order valence-electron chi connectivity index (χ3n) is 6.33. The molecule has 0 spiro atoms. The van der Waals surface area contributed by atoms with Crippen molar-refractivity contribution in [1.29, 1.82) is 0 Å². The molecule has 2 unspecified atom stereocenters. The molecule has 1 saturated carbocycles. The summed E-state index contributed by atoms with van der Waals surface area (Å²) in [5.74, 6) is -9.37. The first-order chi connectivity index (χ1) is 16.3. The molecule has 10 heteroatoms. The molecule has 0 saturated heterocycles. The number of aliphatic hydroxyl groups is 1. The predicted octanol–water partition coefficient (Wildman–Crippen LogP) is 2.36. The van der Waals surface area contributed by atoms with Crippen LogP contribution in [0.2, 0.25) is 0 Å². The zero-order chi connectivity index (χ0) is 24.5. The van der Waals surface area contributed by atoms with Crippen molar-refractivity contribution in [3.63, 3.8) is 0 Å². The number of carbonyl (C=O) groups excluding carboxylic acids is 2. The quantitative estimate of drug-likeness (QED) is 0.442. The maximum atomic E-state index is 14.1. The van der Waals surface area contributed by atoms with Gasteiger partial charge in [0.2, 0.25) is 5.91 Å². The van der Waals surface area contributed by atoms with Crippen LogP contribution in [0.15, 0.2) is 48.5 Å². The lowest BCUT2D eigenvalue weighted by Gasteiger charge is -2.14. The Morgan fingerprint density at radius 2 is 1.62 bits per heavy atom. The Balaban J connectivity index is 1.31. The smallest absolute Gasteiger partial charge is 0.407 e. The van der Waals surface area contributed by atoms with Crippen molar-refractivity contribution in [3.05, 3.63) is 59.7 Å². The highest BCUT2D eigenvalue weighted by Crippen LogP contribution is 2.55. The van der Waals surface area contributed by atoms with Gasteiger partial charge < -0.3 is 25.6 Å². The van der Waals surface area contributed by atoms with Crippen LogP contribution in [0.3, 0.4) is 0 Å². The average Bonchev–Trinajstić information content (AvgIpc) is 3.22. The van der Waals surface area contributed by atoms with Gasteiger partial charge in [-0.25, -0.2) is 18.4 Å². The summed E-state index contributed by atoms with van der Waals surface area (Å²) in [6.07, 6.45) is -1.19. The Hall–Kier alpha value is -3.53. The number of fused-ring (bicyclic) bond motifs is 3. The number of amides is 2. The molecule has 3 atom stereocenters. The van der Waals surface area contributed by atoms with E-state index < -0.39 is 54.9 Å². The number of halogens is 2. The lowest BCUT2D eigenvalue weighted by atomic mass is 9.98. The first-order valence-corrected chi connectivity index (χ1v) is 10.9. The van der Waals surface area contributed by atoms with Gasteiger partial charge in [-0.2, -0.15) is 0 Å². The van der Waals surface area contributed by atoms with E-state index in [2.05, 4.69) is 5.32 Å². The molecule has 34 heavy (non-hydrogen) atoms. The third kappa shape index (κ3) is 4.45. The van der Waals surface area contributed by atoms with Crippen LogP contribution in [0.1, 0.15) is 23.5 Å². The lowest BCUT2D eigenvalue weighted by Crippen LogP contribution is -2.43. The van der Waals surface area contributed by atoms with Crippen LogP contribution in [0.5, 0.6) is 0 Å². The summed E-state index contributed by atoms with van der Waals surface area (Å²) in [6.45, 7) is -1.00. The second kappa shape index (κ2) is 9.38. The molecule has 8 nitrogen and oxygen atoms in total. The van der Waals surface area contributed by atoms with Crippen molar-refractivity contribution in [2.75, 3.05) is 19.8 Å². The summed E-state index contributed by atoms with van der Waals surface area (Å²) < 4.78 is 33.5. The number of carboxylic acid groups (broad SMARTS) is 1. The second-order valence-corrected chi connectivity index (χ2v) is 8.38. The number of alkyl halides is 2. The molecule has 0 radical (unpaired) electrons. The van der Waals surface area contributed by atoms with Crippen LogP contribution in [0.4, 0.5) is 13.6 Å². The molecular formula is C24H24F2N2O6. The summed E-state index contributed by atoms with van der Waals surface area (Å²) in [5, 5.41) is 22.2. The van der Waals surface area contributed by atoms with Gasteiger partial charge in [0.25, 0.3) is 5.92 Å². The summed E-state index contributed by atoms with van der Waals surface area (Å²) in [7, 11) is 0. The highest BCUT2D eigenvalue weighted by Gasteiger charge is 2.71. The van der Waals surface area contributed by atoms with Gasteiger partial charge in [-0.05, 0) is 22.3 Å². The summed E-state index contributed by atoms with van der Waals surface area (Å²) in [6, 6.07) is 14.1. The normalized spacial score (nSPS) is 20.6. The SMILES string of the molecule is O=C(NCC1C(C(=O)N[C@H](CCO)C(=O)O)C1(F)F)OCC1c2ccccc2-c2ccccc21. The van der Waals surface area contributed by atoms with E-state index in [1.807, 2.05) is 53.8 Å². The lowest BCUT2D eigenvalue weighted by molar-refractivity contribution is -0.142. The molecule has 2 aromatic rings. The van der Waals surface area contributed by atoms with Gasteiger partial charge in [-0.15, -0.1) is 0 Å². The minimum Gasteiger partial charge on any atom is -0.480 e. The Labute approximate surface area is 193 Å². The number of carbonyl (C=O) groups is 3. The number of rotatable bonds is 9. The van der Waals surface area contributed by atoms with E-state index in [0.29, 0.717) is 0 Å². The molecule has 0 aliphatic heterocycles. The van der Waals surface area contributed by atoms with Gasteiger partial charge >= 0.3 is 12.1 Å². The molecule has 1 fully saturated rings. The second-order valence-electron chi connectivity index (χ2n) is 8.38. The van der Waals surface area contributed by atoms with Crippen molar-refractivity contribution in [2.45, 2.75) is 24.3 Å². The van der Waals surface area contributed by atoms with Gasteiger partial charge in [0.15, 0.2) is 0 Å². The zero-order valence-corrected chi connectivity index (χ0v) is 18.0. The fourth-order valence-electron chi connectivity index (χ4n) is 4.49. The number of hydrogen-bond donors (Lipinski definition) is 4. The van der Waals surface area contributed by atoms with Gasteiger partial charge in [0.1, 0.15) is 18.6 Å². The van der Waals surface area contributed by atoms with E-state index in [0.717, 1.165) is 22.3 Å². The van der Waals surface area contributed by atoms with E-state index in [-0.39, 0.29) is 18.9 Å². The molecule has 0 heterocycles. The molecule has 2 aromatic carbocycles. The fraction of sp³-hybridized carbons (Fsp3) is 0.375. The monoisotopic (exact) mass is 474 g/mol. The fourth-order valence-corrected chi connectivity index (χ4v) is 4.49. The topological polar surface area (TPSA) is 125 Å². The van der Waals surface area contributed by atoms with Gasteiger partial charge in [-0.3, -0.25) is 4.79 Å². The number of hydrogen-bond acceptors (Lipinski definition) is 5. The largest absolute Gasteiger partial charge is 0.480 e. The number of benzene rings is 2. The van der Waals surface area contributed by atoms with E-state index in [9.17, 15) is 23.2 Å². The maximum Gasteiger partial charge on any atom is 0.407 e. The molecular weight excluding hydrogens is 450 g/mol. The van der Waals surface area contributed by atoms with Crippen molar-refractivity contribution < 1.29 is 38.1 Å². The number of aliphatic carboxylic acids is 1. The molecule has 2 aliphatic carbocycles. The minimum atomic E-state index is -3.39. The summed E-state index contributed by atoms with van der Waals surface area (Å²) in [5.41, 5.74) is 4.13. The molecule has 2 aliphatic rings. The Morgan fingerprint density at radius 3 is 2.18 bits per heavy atom. The van der Waals surface area contributed by atoms with E-state index >= 15 is 0 Å². The van der Waals surface area contributed by atoms with Crippen LogP contribution in [-0.2, 0) is 14.3 Å². The zero-order valence-electron chi connectivity index (χ0n) is 18.0. The highest BCUT2D eigenvalue weighted by atomic mass is 19.3. The third-order valence-corrected chi connectivity index (χ3v) is 6.33. The molecule has 4 N–H and O–H groups in total. The molecule has 0 aromatic heterocycles. The first-order valence-electron chi connectivity index (χ1n) is 10.9. The maximum absolute atomic E-state index is 14.1. The summed E-state index contributed by atoms with van der Waals surface area (Å²) >= 11 is 0. The van der Waals surface area contributed by atoms with Crippen LogP contribution < -0.4 is 10.6 Å². The predicted molar refractivity (Wildman–Crippen MR) is 116 cm³/mol. The highest BCUT2D eigenvalue weighted by molar-refractivity contribution is 5.88. The van der Waals surface area contributed by atoms with Crippen molar-refractivity contribution in [3.8, 4) is 11.1 Å². The Morgan fingerprint density at radius 1 is 1.03 bits per heavy atom. The first kappa shape index (κ1) is 23.6. The van der Waals surface area contributed by atoms with Crippen LogP contribution in [0, 0.1) is 11.8 Å². The molecule has 180 valence electrons. The Bertz CT molecular complexity index is 1060. The minimum absolute atomic E-state index is 0.0201. The van der Waals surface area contributed by atoms with Gasteiger partial charge in [0, 0.05) is 25.5 Å². The molecule has 4 rings (SSSR count). The number of nitrogens with one attached hydrogen (secondary N) is 2. The van der Waals surface area contributed by atoms with Crippen molar-refractivity contribution in [1.82, 2.24) is 10.6 Å². The van der Waals surface area contributed by atoms with Crippen LogP contribution >= 0.6 is 0 Å². The average molecular weight is 474 g/mol. The number of alkyl carbamates (subject to hydrolysis) is 1. The number of ether oxygens (including phenoxy) is 1. The van der Waals surface area contributed by atoms with E-state index in [4.69, 9.17) is 14.9 Å². The molecule has 0 bridgehead atoms. The standard InChI is InChI=1S/C24H24F2N2O6/c25-24(26)18(20(24)21(30)28-19(9-10-29)22(31)32)11-27-23(33)34-12-17-15-7-3-1-5-13(15)14-6-2-4-8-16(14)17/h1-8,17-20,29H,9-12H2,(H,27,33)(H,28,30)(H,31,32)/t18?,19-,20?/m1/s1. The number of aliphatic hydroxyl groups excluding tert-OH is 1. The van der Waals surface area contributed by atoms with Crippen molar-refractivity contribution >= 4 is 18.0 Å². The van der Waals surface area contributed by atoms with Crippen molar-refractivity contribution in [2.24, 2.45) is 11.8 Å². The van der Waals surface area contributed by atoms with Gasteiger partial charge in [-0.1, -0.05) is 48.5 Å². The molecule has 2 amide bonds. The van der Waals surface area contributed by atoms with Gasteiger partial charge in [0.05, 0.1) is 5.92 Å². The Kier molecular flexibility index (Phi) is 6.52. The van der Waals surface area contributed by atoms with E-state index in [1.54, 1.807) is 0 Å².